The van der Waals surface area contributed by atoms with E-state index in [0.29, 0.717) is 0 Å². The van der Waals surface area contributed by atoms with E-state index in [0.717, 1.165) is 6.33 Å². The molecule has 1 aromatic rings. The average molecular weight is 165 g/mol. The minimum absolute atomic E-state index is 0.361. The predicted octanol–water partition coefficient (Wildman–Crippen LogP) is 1.65. The van der Waals surface area contributed by atoms with E-state index in [9.17, 15) is 0 Å². The molecule has 0 N–H and O–H groups in total. The van der Waals surface area contributed by atoms with Crippen LogP contribution in [0.4, 0.5) is 0 Å². The van der Waals surface area contributed by atoms with Gasteiger partial charge in [0.1, 0.15) is 12.2 Å². The molecule has 1 rings (SSSR count). The molecular formula is C6H8ClN3. The lowest BCUT2D eigenvalue weighted by Crippen LogP contribution is -1.97. The molecule has 0 saturated carbocycles. The highest BCUT2D eigenvalue weighted by Gasteiger charge is 2.01. The molecule has 54 valence electrons. The molecule has 1 heterocycles. The van der Waals surface area contributed by atoms with E-state index in [1.54, 1.807) is 0 Å². The maximum absolute atomic E-state index is 7.72. The van der Waals surface area contributed by atoms with Crippen molar-refractivity contribution in [3.63, 3.8) is 0 Å². The number of rotatable bonds is 1. The molecule has 1 aromatic heterocycles. The van der Waals surface area contributed by atoms with Crippen molar-refractivity contribution in [2.75, 3.05) is 0 Å². The number of nitrogens with zero attached hydrogens (tertiary/aromatic N) is 3. The van der Waals surface area contributed by atoms with Crippen LogP contribution in [0, 0.1) is 0 Å². The molecule has 0 fully saturated rings. The lowest BCUT2D eigenvalue weighted by atomic mass is 10.2. The van der Waals surface area contributed by atoms with E-state index in [2.05, 4.69) is 15.0 Å². The summed E-state index contributed by atoms with van der Waals surface area (Å²) in [5, 5.41) is -0.361. The third-order valence-corrected chi connectivity index (χ3v) is 0.948. The maximum Gasteiger partial charge on any atom is 0.225 e. The summed E-state index contributed by atoms with van der Waals surface area (Å²) in [7, 11) is 0. The van der Waals surface area contributed by atoms with E-state index < -0.39 is 25.4 Å². The predicted molar refractivity (Wildman–Crippen MR) is 38.9 cm³/mol. The first-order valence-electron chi connectivity index (χ1n) is 5.85. The van der Waals surface area contributed by atoms with E-state index in [1.807, 2.05) is 0 Å². The van der Waals surface area contributed by atoms with Gasteiger partial charge in [0.25, 0.3) is 0 Å². The van der Waals surface area contributed by atoms with Crippen molar-refractivity contribution >= 4 is 11.6 Å². The molecule has 0 aliphatic carbocycles. The van der Waals surface area contributed by atoms with Crippen LogP contribution in [0.1, 0.15) is 35.0 Å². The van der Waals surface area contributed by atoms with Gasteiger partial charge in [0.15, 0.2) is 0 Å². The van der Waals surface area contributed by atoms with Gasteiger partial charge in [0.05, 0.1) is 0 Å². The Labute approximate surface area is 74.3 Å². The molecule has 0 aliphatic heterocycles. The van der Waals surface area contributed by atoms with E-state index in [1.165, 1.54) is 0 Å². The minimum atomic E-state index is -3.12. The van der Waals surface area contributed by atoms with Gasteiger partial charge in [-0.05, 0) is 11.6 Å². The summed E-state index contributed by atoms with van der Waals surface area (Å²) in [5.41, 5.74) is 0. The summed E-state index contributed by atoms with van der Waals surface area (Å²) >= 11 is 5.44. The molecule has 0 aromatic carbocycles. The molecule has 0 aliphatic rings. The molecule has 0 radical (unpaired) electrons. The molecule has 3 nitrogen and oxygen atoms in total. The van der Waals surface area contributed by atoms with E-state index in [-0.39, 0.29) is 5.28 Å². The third kappa shape index (κ3) is 1.64. The van der Waals surface area contributed by atoms with Crippen LogP contribution in [0.15, 0.2) is 6.33 Å². The van der Waals surface area contributed by atoms with Crippen molar-refractivity contribution in [3.05, 3.63) is 17.4 Å². The smallest absolute Gasteiger partial charge is 0.221 e. The monoisotopic (exact) mass is 164 g/mol. The number of aromatic nitrogens is 3. The first-order chi connectivity index (χ1) is 7.50. The Morgan fingerprint density at radius 1 is 1.70 bits per heavy atom. The Morgan fingerprint density at radius 2 is 2.50 bits per heavy atom. The van der Waals surface area contributed by atoms with Crippen LogP contribution < -0.4 is 0 Å². The van der Waals surface area contributed by atoms with Crippen molar-refractivity contribution in [3.8, 4) is 0 Å². The van der Waals surface area contributed by atoms with Gasteiger partial charge in [-0.3, -0.25) is 0 Å². The van der Waals surface area contributed by atoms with Crippen molar-refractivity contribution in [2.45, 2.75) is 19.6 Å². The molecule has 10 heavy (non-hydrogen) atoms. The second kappa shape index (κ2) is 2.92. The minimum Gasteiger partial charge on any atom is -0.221 e. The van der Waals surface area contributed by atoms with Crippen LogP contribution >= 0.6 is 11.6 Å². The van der Waals surface area contributed by atoms with Gasteiger partial charge in [-0.1, -0.05) is 13.7 Å². The molecule has 0 saturated heterocycles. The zero-order valence-electron chi connectivity index (χ0n) is 11.8. The summed E-state index contributed by atoms with van der Waals surface area (Å²) in [6.45, 7) is -6.24. The molecule has 0 atom stereocenters. The second-order valence-corrected chi connectivity index (χ2v) is 1.79. The van der Waals surface area contributed by atoms with Crippen LogP contribution in [0.25, 0.3) is 0 Å². The highest BCUT2D eigenvalue weighted by atomic mass is 35.5. The molecule has 0 bridgehead atoms. The molecule has 0 unspecified atom stereocenters. The summed E-state index contributed by atoms with van der Waals surface area (Å²) in [6, 6.07) is 0. The van der Waals surface area contributed by atoms with Crippen molar-refractivity contribution in [2.24, 2.45) is 0 Å². The topological polar surface area (TPSA) is 38.7 Å². The Morgan fingerprint density at radius 3 is 3.10 bits per heavy atom. The number of hydrogen-bond donors (Lipinski definition) is 0. The Bertz CT molecular complexity index is 401. The first-order valence-corrected chi connectivity index (χ1v) is 2.73. The van der Waals surface area contributed by atoms with Crippen LogP contribution in [-0.2, 0) is 0 Å². The van der Waals surface area contributed by atoms with Gasteiger partial charge in [-0.25, -0.2) is 15.0 Å². The van der Waals surface area contributed by atoms with E-state index >= 15 is 0 Å². The first kappa shape index (κ1) is 2.41. The normalized spacial score (nSPS) is 24.3. The lowest BCUT2D eigenvalue weighted by molar-refractivity contribution is 0.759. The van der Waals surface area contributed by atoms with Gasteiger partial charge in [0, 0.05) is 15.5 Å². The van der Waals surface area contributed by atoms with Crippen molar-refractivity contribution in [1.29, 1.82) is 0 Å². The van der Waals surface area contributed by atoms with Crippen molar-refractivity contribution < 1.29 is 9.60 Å². The lowest BCUT2D eigenvalue weighted by Gasteiger charge is -1.99. The fourth-order valence-electron chi connectivity index (χ4n) is 0.397. The molecular weight excluding hydrogens is 150 g/mol. The zero-order valence-corrected chi connectivity index (χ0v) is 5.55. The zero-order chi connectivity index (χ0) is 13.5. The van der Waals surface area contributed by atoms with Crippen LogP contribution in [0.2, 0.25) is 5.28 Å². The molecule has 0 amide bonds. The highest BCUT2D eigenvalue weighted by Crippen LogP contribution is 2.08. The summed E-state index contributed by atoms with van der Waals surface area (Å²) < 4.78 is 50.9. The summed E-state index contributed by atoms with van der Waals surface area (Å²) in [6.07, 6.45) is 0.867. The second-order valence-electron chi connectivity index (χ2n) is 1.45. The fourth-order valence-corrected chi connectivity index (χ4v) is 0.520. The van der Waals surface area contributed by atoms with Gasteiger partial charge in [-0.15, -0.1) is 0 Å². The van der Waals surface area contributed by atoms with E-state index in [4.69, 9.17) is 21.2 Å². The molecule has 4 heteroatoms. The summed E-state index contributed by atoms with van der Waals surface area (Å²) in [4.78, 5) is 10.3. The Balaban J connectivity index is 3.46. The maximum atomic E-state index is 7.72. The van der Waals surface area contributed by atoms with Gasteiger partial charge < -0.3 is 0 Å². The van der Waals surface area contributed by atoms with Crippen LogP contribution in [0.3, 0.4) is 0 Å². The fraction of sp³-hybridized carbons (Fsp3) is 0.500. The van der Waals surface area contributed by atoms with Crippen LogP contribution in [0.5, 0.6) is 0 Å². The van der Waals surface area contributed by atoms with Gasteiger partial charge in [0.2, 0.25) is 5.28 Å². The summed E-state index contributed by atoms with van der Waals surface area (Å²) in [5.74, 6) is -3.63. The SMILES string of the molecule is [2H]C([2H])([2H])C([2H])(c1ncnc(Cl)n1)C([2H])([2H])[2H]. The highest BCUT2D eigenvalue weighted by molar-refractivity contribution is 6.28. The Hall–Kier alpha value is -0.700. The quantitative estimate of drug-likeness (QED) is 0.634. The molecule has 0 spiro atoms. The van der Waals surface area contributed by atoms with Gasteiger partial charge >= 0.3 is 0 Å². The van der Waals surface area contributed by atoms with Gasteiger partial charge in [-0.2, -0.15) is 0 Å². The largest absolute Gasteiger partial charge is 0.225 e. The van der Waals surface area contributed by atoms with Crippen molar-refractivity contribution in [1.82, 2.24) is 15.0 Å². The Kier molecular flexibility index (Phi) is 0.705. The average Bonchev–Trinajstić information content (AvgIpc) is 2.12. The number of halogens is 1. The van der Waals surface area contributed by atoms with Crippen LogP contribution in [-0.4, -0.2) is 15.0 Å². The standard InChI is InChI=1S/C6H8ClN3/c1-4(2)5-8-3-9-6(7)10-5/h3-4H,1-2H3/i1D3,2D3,4D. The number of hydrogen-bond acceptors (Lipinski definition) is 3. The third-order valence-electron chi connectivity index (χ3n) is 0.766.